The van der Waals surface area contributed by atoms with Gasteiger partial charge in [-0.15, -0.1) is 0 Å². The number of nitrogens with zero attached hydrogens (tertiary/aromatic N) is 3. The first-order chi connectivity index (χ1) is 20.3. The fourth-order valence-electron chi connectivity index (χ4n) is 5.86. The van der Waals surface area contributed by atoms with Crippen molar-refractivity contribution in [2.75, 3.05) is 18.0 Å². The van der Waals surface area contributed by atoms with Gasteiger partial charge in [-0.05, 0) is 91.1 Å². The number of carbonyl (C=O) groups excluding carboxylic acids is 1. The minimum Gasteiger partial charge on any atom is -0.439 e. The first-order valence-corrected chi connectivity index (χ1v) is 14.5. The normalized spacial score (nSPS) is 20.8. The summed E-state index contributed by atoms with van der Waals surface area (Å²) in [7, 11) is 0. The van der Waals surface area contributed by atoms with Crippen LogP contribution in [0.25, 0.3) is 11.1 Å². The van der Waals surface area contributed by atoms with E-state index in [-0.39, 0.29) is 18.2 Å². The Labute approximate surface area is 245 Å². The lowest BCUT2D eigenvalue weighted by molar-refractivity contribution is -0.143. The van der Waals surface area contributed by atoms with Crippen molar-refractivity contribution in [1.82, 2.24) is 9.88 Å². The van der Waals surface area contributed by atoms with Gasteiger partial charge in [0.1, 0.15) is 11.9 Å². The highest BCUT2D eigenvalue weighted by atomic mass is 19.4. The van der Waals surface area contributed by atoms with Gasteiger partial charge in [-0.2, -0.15) is 26.3 Å². The minimum absolute atomic E-state index is 0.0184. The molecule has 3 fully saturated rings. The zero-order valence-corrected chi connectivity index (χ0v) is 23.7. The Bertz CT molecular complexity index is 1510. The third kappa shape index (κ3) is 5.78. The summed E-state index contributed by atoms with van der Waals surface area (Å²) in [6, 6.07) is 10.8. The average molecular weight is 604 g/mol. The predicted molar refractivity (Wildman–Crippen MR) is 149 cm³/mol. The number of anilines is 1. The Kier molecular flexibility index (Phi) is 7.33. The van der Waals surface area contributed by atoms with Crippen molar-refractivity contribution in [1.29, 1.82) is 0 Å². The van der Waals surface area contributed by atoms with Crippen molar-refractivity contribution in [3.05, 3.63) is 82.0 Å². The molecule has 3 heterocycles. The molecular weight excluding hydrogens is 572 g/mol. The Morgan fingerprint density at radius 3 is 2.12 bits per heavy atom. The molecule has 1 aliphatic carbocycles. The molecular formula is C32H31F6N3O2. The molecule has 0 N–H and O–H groups in total. The molecule has 0 spiro atoms. The van der Waals surface area contributed by atoms with Crippen LogP contribution < -0.4 is 4.90 Å². The molecule has 3 aromatic rings. The van der Waals surface area contributed by atoms with E-state index in [1.165, 1.54) is 10.5 Å². The quantitative estimate of drug-likeness (QED) is 0.254. The van der Waals surface area contributed by atoms with E-state index < -0.39 is 41.7 Å². The molecule has 5 nitrogen and oxygen atoms in total. The molecule has 2 atom stereocenters. The molecule has 2 aliphatic heterocycles. The number of alkyl halides is 6. The molecule has 228 valence electrons. The van der Waals surface area contributed by atoms with Crippen molar-refractivity contribution in [3.8, 4) is 11.1 Å². The van der Waals surface area contributed by atoms with Crippen molar-refractivity contribution in [2.24, 2.45) is 0 Å². The van der Waals surface area contributed by atoms with Gasteiger partial charge in [-0.3, -0.25) is 4.90 Å². The number of cyclic esters (lactones) is 1. The van der Waals surface area contributed by atoms with Crippen LogP contribution in [-0.2, 0) is 30.1 Å². The molecule has 0 radical (unpaired) electrons. The molecule has 6 rings (SSSR count). The van der Waals surface area contributed by atoms with Crippen LogP contribution in [0, 0.1) is 0 Å². The van der Waals surface area contributed by atoms with Crippen LogP contribution >= 0.6 is 0 Å². The second kappa shape index (κ2) is 10.7. The Hall–Kier alpha value is -3.76. The Morgan fingerprint density at radius 1 is 0.884 bits per heavy atom. The van der Waals surface area contributed by atoms with Gasteiger partial charge in [0.15, 0.2) is 0 Å². The maximum absolute atomic E-state index is 13.5. The number of aromatic nitrogens is 1. The topological polar surface area (TPSA) is 45.7 Å². The van der Waals surface area contributed by atoms with E-state index in [1.807, 2.05) is 12.1 Å². The van der Waals surface area contributed by atoms with Crippen molar-refractivity contribution < 1.29 is 35.9 Å². The number of aryl methyl sites for hydroxylation is 1. The van der Waals surface area contributed by atoms with E-state index in [0.717, 1.165) is 61.3 Å². The summed E-state index contributed by atoms with van der Waals surface area (Å²) in [4.78, 5) is 21.6. The van der Waals surface area contributed by atoms with Gasteiger partial charge in [0.2, 0.25) is 0 Å². The van der Waals surface area contributed by atoms with Gasteiger partial charge in [-0.1, -0.05) is 25.1 Å². The van der Waals surface area contributed by atoms with Gasteiger partial charge in [0.05, 0.1) is 29.4 Å². The summed E-state index contributed by atoms with van der Waals surface area (Å²) in [5, 5.41) is 0. The smallest absolute Gasteiger partial charge is 0.416 e. The van der Waals surface area contributed by atoms with Gasteiger partial charge in [-0.25, -0.2) is 9.78 Å². The second-order valence-corrected chi connectivity index (χ2v) is 11.6. The molecule has 0 bridgehead atoms. The lowest BCUT2D eigenvalue weighted by Crippen LogP contribution is -2.38. The third-order valence-electron chi connectivity index (χ3n) is 8.64. The van der Waals surface area contributed by atoms with Crippen molar-refractivity contribution in [3.63, 3.8) is 0 Å². The zero-order chi connectivity index (χ0) is 30.7. The van der Waals surface area contributed by atoms with Crippen molar-refractivity contribution in [2.45, 2.75) is 76.5 Å². The number of benzene rings is 2. The molecule has 0 unspecified atom stereocenters. The number of hydrogen-bond acceptors (Lipinski definition) is 4. The van der Waals surface area contributed by atoms with Gasteiger partial charge in [0, 0.05) is 18.7 Å². The standard InChI is InChI=1S/C32H31F6N3O2/c1-3-19-5-8-21(20-6-7-20)15-26(19)25-9-10-28(40-11-4-12-40)39-27(25)17-41-18(2)29(43-30(41)42)22-13-23(31(33,34)35)16-24(14-22)32(36,37)38/h5,8-10,13-16,18,20,29H,3-4,6-7,11-12,17H2,1-2H3/t18-,29-/m0/s1. The third-order valence-corrected chi connectivity index (χ3v) is 8.64. The minimum atomic E-state index is -5.01. The van der Waals surface area contributed by atoms with E-state index in [0.29, 0.717) is 23.7 Å². The lowest BCUT2D eigenvalue weighted by atomic mass is 9.93. The molecule has 11 heteroatoms. The fourth-order valence-corrected chi connectivity index (χ4v) is 5.86. The molecule has 2 saturated heterocycles. The summed E-state index contributed by atoms with van der Waals surface area (Å²) in [6.45, 7) is 5.31. The number of halogens is 6. The highest BCUT2D eigenvalue weighted by Gasteiger charge is 2.43. The summed E-state index contributed by atoms with van der Waals surface area (Å²) in [6.07, 6.45) is -8.10. The van der Waals surface area contributed by atoms with Crippen LogP contribution in [0.2, 0.25) is 0 Å². The van der Waals surface area contributed by atoms with Gasteiger partial charge >= 0.3 is 18.4 Å². The zero-order valence-electron chi connectivity index (χ0n) is 23.7. The summed E-state index contributed by atoms with van der Waals surface area (Å²) in [5.41, 5.74) is 1.53. The van der Waals surface area contributed by atoms with E-state index in [2.05, 4.69) is 30.0 Å². The number of ether oxygens (including phenoxy) is 1. The van der Waals surface area contributed by atoms with Crippen LogP contribution in [0.3, 0.4) is 0 Å². The lowest BCUT2D eigenvalue weighted by Gasteiger charge is -2.33. The highest BCUT2D eigenvalue weighted by Crippen LogP contribution is 2.44. The number of amides is 1. The second-order valence-electron chi connectivity index (χ2n) is 11.6. The predicted octanol–water partition coefficient (Wildman–Crippen LogP) is 8.52. The van der Waals surface area contributed by atoms with E-state index in [9.17, 15) is 31.1 Å². The first kappa shape index (κ1) is 29.3. The Balaban J connectivity index is 1.37. The summed E-state index contributed by atoms with van der Waals surface area (Å²) in [5.74, 6) is 1.27. The molecule has 3 aliphatic rings. The van der Waals surface area contributed by atoms with E-state index >= 15 is 0 Å². The van der Waals surface area contributed by atoms with Crippen LogP contribution in [0.5, 0.6) is 0 Å². The number of carbonyl (C=O) groups is 1. The number of hydrogen-bond donors (Lipinski definition) is 0. The van der Waals surface area contributed by atoms with Gasteiger partial charge in [0.25, 0.3) is 0 Å². The highest BCUT2D eigenvalue weighted by molar-refractivity contribution is 5.74. The molecule has 43 heavy (non-hydrogen) atoms. The Morgan fingerprint density at radius 2 is 1.56 bits per heavy atom. The maximum atomic E-state index is 13.5. The maximum Gasteiger partial charge on any atom is 0.416 e. The van der Waals surface area contributed by atoms with Crippen LogP contribution in [-0.4, -0.2) is 35.1 Å². The number of rotatable bonds is 7. The summed E-state index contributed by atoms with van der Waals surface area (Å²) < 4.78 is 86.8. The molecule has 1 aromatic heterocycles. The number of pyridine rings is 1. The van der Waals surface area contributed by atoms with Crippen LogP contribution in [0.1, 0.15) is 78.6 Å². The summed E-state index contributed by atoms with van der Waals surface area (Å²) >= 11 is 0. The monoisotopic (exact) mass is 603 g/mol. The van der Waals surface area contributed by atoms with E-state index in [4.69, 9.17) is 9.72 Å². The first-order valence-electron chi connectivity index (χ1n) is 14.5. The average Bonchev–Trinajstić information content (AvgIpc) is 3.73. The van der Waals surface area contributed by atoms with E-state index in [1.54, 1.807) is 6.92 Å². The van der Waals surface area contributed by atoms with Crippen LogP contribution in [0.4, 0.5) is 37.0 Å². The molecule has 1 saturated carbocycles. The molecule has 2 aromatic carbocycles. The van der Waals surface area contributed by atoms with Crippen molar-refractivity contribution >= 4 is 11.9 Å². The van der Waals surface area contributed by atoms with Crippen LogP contribution in [0.15, 0.2) is 48.5 Å². The van der Waals surface area contributed by atoms with Gasteiger partial charge < -0.3 is 9.64 Å². The fraction of sp³-hybridized carbons (Fsp3) is 0.438. The molecule has 1 amide bonds. The SMILES string of the molecule is CCc1ccc(C2CC2)cc1-c1ccc(N2CCC2)nc1CN1C(=O)O[C@H](c2cc(C(F)(F)F)cc(C(F)(F)F)c2)[C@@H]1C. The largest absolute Gasteiger partial charge is 0.439 e.